The zero-order valence-corrected chi connectivity index (χ0v) is 12.1. The van der Waals surface area contributed by atoms with Crippen molar-refractivity contribution in [3.05, 3.63) is 34.3 Å². The molecule has 1 amide bonds. The van der Waals surface area contributed by atoms with Crippen LogP contribution in [0.15, 0.2) is 18.2 Å². The van der Waals surface area contributed by atoms with Gasteiger partial charge >= 0.3 is 5.97 Å². The van der Waals surface area contributed by atoms with Crippen molar-refractivity contribution < 1.29 is 14.7 Å². The van der Waals surface area contributed by atoms with E-state index in [2.05, 4.69) is 0 Å². The van der Waals surface area contributed by atoms with E-state index in [1.54, 1.807) is 23.1 Å². The molecule has 0 spiro atoms. The molecular weight excluding hydrogens is 280 g/mol. The molecule has 108 valence electrons. The topological polar surface area (TPSA) is 60.9 Å². The van der Waals surface area contributed by atoms with Crippen LogP contribution >= 0.6 is 11.6 Å². The second-order valence-corrected chi connectivity index (χ2v) is 5.36. The maximum Gasteiger partial charge on any atom is 0.317 e. The number of rotatable bonds is 3. The van der Waals surface area contributed by atoms with Gasteiger partial charge in [-0.2, -0.15) is 0 Å². The molecule has 0 unspecified atom stereocenters. The Morgan fingerprint density at radius 1 is 1.25 bits per heavy atom. The fraction of sp³-hybridized carbons (Fsp3) is 0.429. The van der Waals surface area contributed by atoms with Crippen LogP contribution in [-0.2, 0) is 4.79 Å². The third-order valence-electron chi connectivity index (χ3n) is 3.44. The summed E-state index contributed by atoms with van der Waals surface area (Å²) in [4.78, 5) is 26.6. The molecule has 1 heterocycles. The van der Waals surface area contributed by atoms with Crippen LogP contribution < -0.4 is 0 Å². The van der Waals surface area contributed by atoms with E-state index in [-0.39, 0.29) is 12.5 Å². The molecule has 0 atom stereocenters. The fourth-order valence-electron chi connectivity index (χ4n) is 2.34. The highest BCUT2D eigenvalue weighted by Gasteiger charge is 2.23. The van der Waals surface area contributed by atoms with Gasteiger partial charge in [-0.25, -0.2) is 0 Å². The van der Waals surface area contributed by atoms with Crippen molar-refractivity contribution >= 4 is 23.5 Å². The first-order chi connectivity index (χ1) is 9.47. The maximum absolute atomic E-state index is 12.4. The Balaban J connectivity index is 1.99. The van der Waals surface area contributed by atoms with Crippen molar-refractivity contribution in [2.24, 2.45) is 0 Å². The lowest BCUT2D eigenvalue weighted by molar-refractivity contribution is -0.138. The highest BCUT2D eigenvalue weighted by molar-refractivity contribution is 6.30. The minimum absolute atomic E-state index is 0.0193. The van der Waals surface area contributed by atoms with Gasteiger partial charge in [-0.3, -0.25) is 14.5 Å². The van der Waals surface area contributed by atoms with Gasteiger partial charge in [-0.1, -0.05) is 11.6 Å². The minimum Gasteiger partial charge on any atom is -0.480 e. The van der Waals surface area contributed by atoms with Crippen LogP contribution in [0.4, 0.5) is 0 Å². The summed E-state index contributed by atoms with van der Waals surface area (Å²) in [6, 6.07) is 5.22. The summed E-state index contributed by atoms with van der Waals surface area (Å²) in [6.45, 7) is 4.17. The number of halogens is 1. The van der Waals surface area contributed by atoms with E-state index in [1.165, 1.54) is 0 Å². The Kier molecular flexibility index (Phi) is 4.62. The van der Waals surface area contributed by atoms with Crippen molar-refractivity contribution in [2.75, 3.05) is 32.7 Å². The van der Waals surface area contributed by atoms with E-state index in [1.807, 2.05) is 11.8 Å². The number of hydrogen-bond donors (Lipinski definition) is 1. The average molecular weight is 297 g/mol. The van der Waals surface area contributed by atoms with Gasteiger partial charge in [0.05, 0.1) is 6.54 Å². The van der Waals surface area contributed by atoms with Crippen molar-refractivity contribution in [3.8, 4) is 0 Å². The zero-order chi connectivity index (χ0) is 14.7. The molecule has 1 saturated heterocycles. The van der Waals surface area contributed by atoms with E-state index in [0.29, 0.717) is 36.8 Å². The number of carboxylic acid groups (broad SMARTS) is 1. The molecule has 0 radical (unpaired) electrons. The Bertz CT molecular complexity index is 525. The summed E-state index contributed by atoms with van der Waals surface area (Å²) < 4.78 is 0. The molecule has 1 aliphatic heterocycles. The smallest absolute Gasteiger partial charge is 0.317 e. The maximum atomic E-state index is 12.4. The summed E-state index contributed by atoms with van der Waals surface area (Å²) in [7, 11) is 0. The molecule has 0 aliphatic carbocycles. The van der Waals surface area contributed by atoms with Crippen molar-refractivity contribution in [3.63, 3.8) is 0 Å². The number of carboxylic acids is 1. The number of aryl methyl sites for hydroxylation is 1. The molecule has 2 rings (SSSR count). The van der Waals surface area contributed by atoms with Gasteiger partial charge in [0.25, 0.3) is 5.91 Å². The molecule has 1 fully saturated rings. The number of carbonyl (C=O) groups excluding carboxylic acids is 1. The molecule has 0 aromatic heterocycles. The monoisotopic (exact) mass is 296 g/mol. The predicted molar refractivity (Wildman–Crippen MR) is 76.2 cm³/mol. The van der Waals surface area contributed by atoms with Gasteiger partial charge in [0.1, 0.15) is 0 Å². The summed E-state index contributed by atoms with van der Waals surface area (Å²) >= 11 is 5.89. The van der Waals surface area contributed by atoms with Gasteiger partial charge in [0.2, 0.25) is 0 Å². The number of aliphatic carboxylic acids is 1. The third-order valence-corrected chi connectivity index (χ3v) is 3.67. The summed E-state index contributed by atoms with van der Waals surface area (Å²) in [6.07, 6.45) is 0. The number of carbonyl (C=O) groups is 2. The largest absolute Gasteiger partial charge is 0.480 e. The van der Waals surface area contributed by atoms with Gasteiger partial charge in [-0.05, 0) is 30.7 Å². The number of amides is 1. The number of nitrogens with zero attached hydrogens (tertiary/aromatic N) is 2. The summed E-state index contributed by atoms with van der Waals surface area (Å²) in [5.41, 5.74) is 1.51. The average Bonchev–Trinajstić information content (AvgIpc) is 2.38. The Morgan fingerprint density at radius 3 is 2.45 bits per heavy atom. The lowest BCUT2D eigenvalue weighted by Crippen LogP contribution is -2.50. The van der Waals surface area contributed by atoms with Crippen LogP contribution in [0.1, 0.15) is 15.9 Å². The zero-order valence-electron chi connectivity index (χ0n) is 11.3. The molecule has 0 bridgehead atoms. The van der Waals surface area contributed by atoms with Crippen molar-refractivity contribution in [2.45, 2.75) is 6.92 Å². The highest BCUT2D eigenvalue weighted by Crippen LogP contribution is 2.17. The van der Waals surface area contributed by atoms with Crippen LogP contribution in [-0.4, -0.2) is 59.5 Å². The van der Waals surface area contributed by atoms with Crippen molar-refractivity contribution in [1.82, 2.24) is 9.80 Å². The van der Waals surface area contributed by atoms with E-state index in [4.69, 9.17) is 16.7 Å². The first-order valence-corrected chi connectivity index (χ1v) is 6.85. The van der Waals surface area contributed by atoms with Crippen LogP contribution in [0.25, 0.3) is 0 Å². The lowest BCUT2D eigenvalue weighted by atomic mass is 10.1. The number of piperazine rings is 1. The quantitative estimate of drug-likeness (QED) is 0.918. The number of hydrogen-bond acceptors (Lipinski definition) is 3. The predicted octanol–water partition coefficient (Wildman–Crippen LogP) is 1.49. The first-order valence-electron chi connectivity index (χ1n) is 6.47. The van der Waals surface area contributed by atoms with Crippen LogP contribution in [0.2, 0.25) is 5.02 Å². The van der Waals surface area contributed by atoms with E-state index >= 15 is 0 Å². The molecule has 20 heavy (non-hydrogen) atoms. The molecule has 0 saturated carbocycles. The van der Waals surface area contributed by atoms with E-state index in [9.17, 15) is 9.59 Å². The van der Waals surface area contributed by atoms with Crippen LogP contribution in [0.3, 0.4) is 0 Å². The normalized spacial score (nSPS) is 16.2. The van der Waals surface area contributed by atoms with Gasteiger partial charge in [0.15, 0.2) is 0 Å². The van der Waals surface area contributed by atoms with E-state index < -0.39 is 5.97 Å². The molecule has 6 heteroatoms. The first kappa shape index (κ1) is 14.8. The molecule has 1 N–H and O–H groups in total. The molecule has 5 nitrogen and oxygen atoms in total. The third kappa shape index (κ3) is 3.49. The Morgan fingerprint density at radius 2 is 1.90 bits per heavy atom. The molecule has 1 aromatic carbocycles. The minimum atomic E-state index is -0.835. The van der Waals surface area contributed by atoms with Gasteiger partial charge in [-0.15, -0.1) is 0 Å². The van der Waals surface area contributed by atoms with Gasteiger partial charge < -0.3 is 10.0 Å². The number of benzene rings is 1. The standard InChI is InChI=1S/C14H17ClN2O3/c1-10-8-11(15)2-3-12(10)14(20)17-6-4-16(5-7-17)9-13(18)19/h2-3,8H,4-7,9H2,1H3,(H,18,19). The Labute approximate surface area is 122 Å². The lowest BCUT2D eigenvalue weighted by Gasteiger charge is -2.34. The fourth-order valence-corrected chi connectivity index (χ4v) is 2.56. The molecular formula is C14H17ClN2O3. The van der Waals surface area contributed by atoms with Gasteiger partial charge in [0, 0.05) is 36.8 Å². The second-order valence-electron chi connectivity index (χ2n) is 4.92. The van der Waals surface area contributed by atoms with E-state index in [0.717, 1.165) is 5.56 Å². The van der Waals surface area contributed by atoms with Crippen LogP contribution in [0.5, 0.6) is 0 Å². The van der Waals surface area contributed by atoms with Crippen molar-refractivity contribution in [1.29, 1.82) is 0 Å². The molecule has 1 aromatic rings. The summed E-state index contributed by atoms with van der Waals surface area (Å²) in [5.74, 6) is -0.854. The highest BCUT2D eigenvalue weighted by atomic mass is 35.5. The Hall–Kier alpha value is -1.59. The SMILES string of the molecule is Cc1cc(Cl)ccc1C(=O)N1CCN(CC(=O)O)CC1. The second kappa shape index (κ2) is 6.24. The summed E-state index contributed by atoms with van der Waals surface area (Å²) in [5, 5.41) is 9.36. The van der Waals surface area contributed by atoms with Crippen LogP contribution in [0, 0.1) is 6.92 Å². The molecule has 1 aliphatic rings.